The average molecular weight is 542 g/mol. The Morgan fingerprint density at radius 2 is 2.00 bits per heavy atom. The topological polar surface area (TPSA) is 86.3 Å². The van der Waals surface area contributed by atoms with Crippen molar-refractivity contribution in [2.45, 2.75) is 52.1 Å². The van der Waals surface area contributed by atoms with Gasteiger partial charge in [-0.1, -0.05) is 25.1 Å². The number of carbonyl (C=O) groups excluding carboxylic acids is 1. The van der Waals surface area contributed by atoms with E-state index >= 15 is 4.39 Å². The molecule has 0 bridgehead atoms. The summed E-state index contributed by atoms with van der Waals surface area (Å²) in [6, 6.07) is 14.5. The molecule has 4 aromatic rings. The van der Waals surface area contributed by atoms with Crippen molar-refractivity contribution in [3.63, 3.8) is 0 Å². The van der Waals surface area contributed by atoms with Crippen LogP contribution in [0.5, 0.6) is 0 Å². The first kappa shape index (κ1) is 27.5. The van der Waals surface area contributed by atoms with Crippen LogP contribution in [0.15, 0.2) is 60.9 Å². The van der Waals surface area contributed by atoms with Crippen LogP contribution in [0, 0.1) is 12.7 Å². The van der Waals surface area contributed by atoms with Crippen molar-refractivity contribution in [3.05, 3.63) is 77.9 Å². The summed E-state index contributed by atoms with van der Waals surface area (Å²) >= 11 is 0. The molecular formula is C31H36FN7O. The fraction of sp³-hybridized carbons (Fsp3) is 0.355. The first-order valence-corrected chi connectivity index (χ1v) is 13.9. The fourth-order valence-corrected chi connectivity index (χ4v) is 5.19. The van der Waals surface area contributed by atoms with Crippen LogP contribution < -0.4 is 20.4 Å². The van der Waals surface area contributed by atoms with Gasteiger partial charge in [-0.3, -0.25) is 9.69 Å². The van der Waals surface area contributed by atoms with Crippen LogP contribution in [0.3, 0.4) is 0 Å². The Kier molecular flexibility index (Phi) is 8.21. The molecule has 1 aliphatic rings. The lowest BCUT2D eigenvalue weighted by Crippen LogP contribution is -2.49. The molecule has 8 nitrogen and oxygen atoms in total. The smallest absolute Gasteiger partial charge is 0.262 e. The third-order valence-corrected chi connectivity index (χ3v) is 7.77. The van der Waals surface area contributed by atoms with Crippen LogP contribution in [-0.2, 0) is 0 Å². The zero-order valence-electron chi connectivity index (χ0n) is 23.5. The van der Waals surface area contributed by atoms with Crippen LogP contribution in [0.25, 0.3) is 10.8 Å². The molecule has 1 fully saturated rings. The molecule has 40 heavy (non-hydrogen) atoms. The third-order valence-electron chi connectivity index (χ3n) is 7.77. The van der Waals surface area contributed by atoms with Crippen LogP contribution in [0.4, 0.5) is 27.7 Å². The van der Waals surface area contributed by atoms with Gasteiger partial charge >= 0.3 is 0 Å². The lowest BCUT2D eigenvalue weighted by atomic mass is 10.0. The molecular weight excluding hydrogens is 505 g/mol. The number of hydrogen-bond acceptors (Lipinski definition) is 7. The number of pyridine rings is 1. The first-order chi connectivity index (χ1) is 19.4. The van der Waals surface area contributed by atoms with Gasteiger partial charge in [0.15, 0.2) is 0 Å². The molecule has 2 atom stereocenters. The van der Waals surface area contributed by atoms with Gasteiger partial charge in [0.2, 0.25) is 5.95 Å². The van der Waals surface area contributed by atoms with E-state index in [1.165, 1.54) is 12.1 Å². The van der Waals surface area contributed by atoms with Gasteiger partial charge in [0, 0.05) is 43.1 Å². The molecule has 9 heteroatoms. The Hall–Kier alpha value is -4.11. The van der Waals surface area contributed by atoms with Crippen molar-refractivity contribution < 1.29 is 9.18 Å². The molecule has 1 unspecified atom stereocenters. The fourth-order valence-electron chi connectivity index (χ4n) is 5.19. The van der Waals surface area contributed by atoms with Crippen molar-refractivity contribution in [3.8, 4) is 0 Å². The lowest BCUT2D eigenvalue weighted by Gasteiger charge is -2.35. The number of aryl methyl sites for hydroxylation is 1. The Bertz CT molecular complexity index is 1500. The largest absolute Gasteiger partial charge is 0.357 e. The van der Waals surface area contributed by atoms with Crippen molar-refractivity contribution in [2.75, 3.05) is 35.3 Å². The second kappa shape index (κ2) is 12.0. The second-order valence-electron chi connectivity index (χ2n) is 10.4. The number of fused-ring (bicyclic) bond motifs is 1. The van der Waals surface area contributed by atoms with E-state index in [1.54, 1.807) is 23.4 Å². The molecule has 0 radical (unpaired) electrons. The van der Waals surface area contributed by atoms with Gasteiger partial charge in [-0.15, -0.1) is 0 Å². The summed E-state index contributed by atoms with van der Waals surface area (Å²) in [5, 5.41) is 8.37. The van der Waals surface area contributed by atoms with Crippen molar-refractivity contribution >= 4 is 40.0 Å². The molecule has 2 N–H and O–H groups in total. The zero-order valence-corrected chi connectivity index (χ0v) is 23.5. The Morgan fingerprint density at radius 1 is 1.18 bits per heavy atom. The minimum absolute atomic E-state index is 0.00492. The SMILES string of the molecule is CCC(C)N(C)c1ccnc(Nc2ccc(C(=O)N(c3nccc4cccc(C)c34)[C@@H]3CCCNC3)c(F)c2)n1. The first-order valence-electron chi connectivity index (χ1n) is 13.9. The number of halogens is 1. The van der Waals surface area contributed by atoms with E-state index in [-0.39, 0.29) is 11.6 Å². The van der Waals surface area contributed by atoms with E-state index < -0.39 is 11.7 Å². The van der Waals surface area contributed by atoms with Crippen LogP contribution in [0.1, 0.15) is 49.0 Å². The van der Waals surface area contributed by atoms with Crippen molar-refractivity contribution in [2.24, 2.45) is 0 Å². The number of nitrogens with zero attached hydrogens (tertiary/aromatic N) is 5. The maximum atomic E-state index is 15.6. The van der Waals surface area contributed by atoms with Crippen LogP contribution >= 0.6 is 0 Å². The number of nitrogens with one attached hydrogen (secondary N) is 2. The van der Waals surface area contributed by atoms with E-state index in [2.05, 4.69) is 44.3 Å². The van der Waals surface area contributed by atoms with Gasteiger partial charge in [0.1, 0.15) is 17.5 Å². The zero-order chi connectivity index (χ0) is 28.2. The molecule has 0 spiro atoms. The predicted molar refractivity (Wildman–Crippen MR) is 159 cm³/mol. The second-order valence-corrected chi connectivity index (χ2v) is 10.4. The summed E-state index contributed by atoms with van der Waals surface area (Å²) in [6.07, 6.45) is 6.10. The number of anilines is 4. The van der Waals surface area contributed by atoms with E-state index in [0.717, 1.165) is 48.0 Å². The summed E-state index contributed by atoms with van der Waals surface area (Å²) in [4.78, 5) is 31.4. The van der Waals surface area contributed by atoms with Crippen molar-refractivity contribution in [1.29, 1.82) is 0 Å². The number of amides is 1. The van der Waals surface area contributed by atoms with Crippen LogP contribution in [0.2, 0.25) is 0 Å². The van der Waals surface area contributed by atoms with Gasteiger partial charge in [0.25, 0.3) is 5.91 Å². The maximum Gasteiger partial charge on any atom is 0.262 e. The molecule has 2 aromatic carbocycles. The highest BCUT2D eigenvalue weighted by atomic mass is 19.1. The van der Waals surface area contributed by atoms with Crippen LogP contribution in [-0.4, -0.2) is 53.1 Å². The minimum Gasteiger partial charge on any atom is -0.357 e. The molecule has 208 valence electrons. The van der Waals surface area contributed by atoms with E-state index in [4.69, 9.17) is 0 Å². The molecule has 1 aliphatic heterocycles. The summed E-state index contributed by atoms with van der Waals surface area (Å²) in [5.74, 6) is 0.666. The third kappa shape index (κ3) is 5.60. The average Bonchev–Trinajstić information content (AvgIpc) is 2.97. The van der Waals surface area contributed by atoms with Gasteiger partial charge in [-0.25, -0.2) is 14.4 Å². The predicted octanol–water partition coefficient (Wildman–Crippen LogP) is 5.85. The lowest BCUT2D eigenvalue weighted by molar-refractivity contribution is 0.0968. The minimum atomic E-state index is -0.617. The van der Waals surface area contributed by atoms with Crippen molar-refractivity contribution in [1.82, 2.24) is 20.3 Å². The van der Waals surface area contributed by atoms with Gasteiger partial charge in [0.05, 0.1) is 11.6 Å². The van der Waals surface area contributed by atoms with Gasteiger partial charge < -0.3 is 15.5 Å². The highest BCUT2D eigenvalue weighted by Crippen LogP contribution is 2.32. The Labute approximate surface area is 234 Å². The molecule has 0 aliphatic carbocycles. The Balaban J connectivity index is 1.46. The summed E-state index contributed by atoms with van der Waals surface area (Å²) in [5.41, 5.74) is 1.47. The number of aromatic nitrogens is 3. The molecule has 0 saturated carbocycles. The van der Waals surface area contributed by atoms with Gasteiger partial charge in [-0.05, 0) is 80.9 Å². The number of carbonyl (C=O) groups is 1. The highest BCUT2D eigenvalue weighted by molar-refractivity contribution is 6.11. The summed E-state index contributed by atoms with van der Waals surface area (Å²) < 4.78 is 15.6. The van der Waals surface area contributed by atoms with E-state index in [1.807, 2.05) is 44.3 Å². The molecule has 5 rings (SSSR count). The van der Waals surface area contributed by atoms with Gasteiger partial charge in [-0.2, -0.15) is 4.98 Å². The molecule has 3 heterocycles. The Morgan fingerprint density at radius 3 is 2.75 bits per heavy atom. The van der Waals surface area contributed by atoms with E-state index in [0.29, 0.717) is 30.0 Å². The standard InChI is InChI=1S/C31H36FN7O/c1-5-21(3)38(4)27-14-17-35-31(37-27)36-23-11-12-25(26(32)18-23)30(40)39(24-10-7-15-33-19-24)29-28-20(2)8-6-9-22(28)13-16-34-29/h6,8-9,11-14,16-18,21,24,33H,5,7,10,15,19H2,1-4H3,(H,35,36,37)/t21?,24-/m1/s1. The monoisotopic (exact) mass is 541 g/mol. The summed E-state index contributed by atoms with van der Waals surface area (Å²) in [7, 11) is 1.99. The van der Waals surface area contributed by atoms with E-state index in [9.17, 15) is 4.79 Å². The highest BCUT2D eigenvalue weighted by Gasteiger charge is 2.31. The summed E-state index contributed by atoms with van der Waals surface area (Å²) in [6.45, 7) is 7.77. The number of piperidine rings is 1. The molecule has 2 aromatic heterocycles. The number of hydrogen-bond donors (Lipinski definition) is 2. The maximum absolute atomic E-state index is 15.6. The molecule has 1 saturated heterocycles. The number of rotatable bonds is 8. The molecule has 1 amide bonds. The quantitative estimate of drug-likeness (QED) is 0.289. The normalized spacial score (nSPS) is 16.0. The number of benzene rings is 2.